The molecule has 0 aromatic heterocycles. The van der Waals surface area contributed by atoms with Crippen LogP contribution >= 0.6 is 0 Å². The van der Waals surface area contributed by atoms with Crippen molar-refractivity contribution >= 4 is 23.6 Å². The van der Waals surface area contributed by atoms with E-state index in [4.69, 9.17) is 4.74 Å². The summed E-state index contributed by atoms with van der Waals surface area (Å²) in [6, 6.07) is 15.7. The maximum atomic E-state index is 12.3. The van der Waals surface area contributed by atoms with Gasteiger partial charge in [-0.1, -0.05) is 37.3 Å². The van der Waals surface area contributed by atoms with Gasteiger partial charge in [-0.2, -0.15) is 5.26 Å². The lowest BCUT2D eigenvalue weighted by Gasteiger charge is -2.10. The van der Waals surface area contributed by atoms with Crippen LogP contribution in [0.5, 0.6) is 5.75 Å². The summed E-state index contributed by atoms with van der Waals surface area (Å²) in [5, 5.41) is 22.5. The maximum Gasteiger partial charge on any atom is 0.266 e. The van der Waals surface area contributed by atoms with E-state index in [9.17, 15) is 20.0 Å². The second-order valence-corrected chi connectivity index (χ2v) is 5.37. The highest BCUT2D eigenvalue weighted by atomic mass is 16.5. The van der Waals surface area contributed by atoms with Crippen LogP contribution in [0.15, 0.2) is 54.1 Å². The molecule has 0 aliphatic rings. The first kappa shape index (κ1) is 18.7. The zero-order valence-electron chi connectivity index (χ0n) is 14.2. The van der Waals surface area contributed by atoms with E-state index < -0.39 is 18.5 Å². The van der Waals surface area contributed by atoms with Gasteiger partial charge in [-0.3, -0.25) is 4.79 Å². The Kier molecular flexibility index (Phi) is 6.52. The number of hydrogen-bond donors (Lipinski definition) is 1. The number of rotatable bonds is 7. The fourth-order valence-corrected chi connectivity index (χ4v) is 2.19. The molecule has 132 valence electrons. The molecule has 0 spiro atoms. The molecule has 2 aromatic carbocycles. The van der Waals surface area contributed by atoms with Gasteiger partial charge in [0, 0.05) is 11.3 Å². The van der Waals surface area contributed by atoms with Crippen molar-refractivity contribution in [1.82, 2.24) is 0 Å². The molecule has 0 saturated heterocycles. The number of aryl methyl sites for hydroxylation is 1. The Balaban J connectivity index is 2.20. The largest absolute Gasteiger partial charge is 0.546 e. The SMILES string of the molecule is CCc1ccc(NC(=O)/C(C#N)=C/c2ccccc2OCC(=O)[O-])cc1. The number of para-hydroxylation sites is 1. The van der Waals surface area contributed by atoms with E-state index in [1.165, 1.54) is 6.08 Å². The lowest BCUT2D eigenvalue weighted by molar-refractivity contribution is -0.307. The van der Waals surface area contributed by atoms with E-state index in [2.05, 4.69) is 5.32 Å². The van der Waals surface area contributed by atoms with Crippen molar-refractivity contribution in [2.45, 2.75) is 13.3 Å². The predicted molar refractivity (Wildman–Crippen MR) is 95.0 cm³/mol. The van der Waals surface area contributed by atoms with E-state index in [0.29, 0.717) is 11.3 Å². The molecule has 6 nitrogen and oxygen atoms in total. The normalized spacial score (nSPS) is 10.7. The summed E-state index contributed by atoms with van der Waals surface area (Å²) < 4.78 is 5.12. The minimum absolute atomic E-state index is 0.130. The Morgan fingerprint density at radius 2 is 1.88 bits per heavy atom. The number of carboxylic acids is 1. The molecule has 1 amide bonds. The number of ether oxygens (including phenoxy) is 1. The molecule has 0 fully saturated rings. The quantitative estimate of drug-likeness (QED) is 0.608. The smallest absolute Gasteiger partial charge is 0.266 e. The third-order valence-corrected chi connectivity index (χ3v) is 3.55. The summed E-state index contributed by atoms with van der Waals surface area (Å²) in [6.07, 6.45) is 2.24. The molecule has 2 rings (SSSR count). The zero-order chi connectivity index (χ0) is 18.9. The molecule has 0 radical (unpaired) electrons. The molecule has 0 aliphatic heterocycles. The Bertz CT molecular complexity index is 864. The first-order valence-corrected chi connectivity index (χ1v) is 7.97. The van der Waals surface area contributed by atoms with Crippen LogP contribution < -0.4 is 15.2 Å². The molecular formula is C20H17N2O4-. The molecule has 1 N–H and O–H groups in total. The maximum absolute atomic E-state index is 12.3. The first-order valence-electron chi connectivity index (χ1n) is 7.97. The number of hydrogen-bond acceptors (Lipinski definition) is 5. The van der Waals surface area contributed by atoms with E-state index >= 15 is 0 Å². The monoisotopic (exact) mass is 349 g/mol. The van der Waals surface area contributed by atoms with Gasteiger partial charge in [-0.05, 0) is 36.3 Å². The van der Waals surface area contributed by atoms with Crippen molar-refractivity contribution in [3.63, 3.8) is 0 Å². The van der Waals surface area contributed by atoms with Gasteiger partial charge in [-0.25, -0.2) is 0 Å². The number of aliphatic carboxylic acids is 1. The average Bonchev–Trinajstić information content (AvgIpc) is 2.65. The number of carbonyl (C=O) groups excluding carboxylic acids is 2. The number of carboxylic acid groups (broad SMARTS) is 1. The standard InChI is InChI=1S/C20H18N2O4/c1-2-14-7-9-17(10-8-14)22-20(25)16(12-21)11-15-5-3-4-6-18(15)26-13-19(23)24/h3-11H,2,13H2,1H3,(H,22,25)(H,23,24)/p-1/b16-11+. The Labute approximate surface area is 151 Å². The van der Waals surface area contributed by atoms with Crippen molar-refractivity contribution in [3.05, 3.63) is 65.2 Å². The second-order valence-electron chi connectivity index (χ2n) is 5.37. The van der Waals surface area contributed by atoms with Crippen LogP contribution in [-0.2, 0) is 16.0 Å². The van der Waals surface area contributed by atoms with Crippen LogP contribution in [0.25, 0.3) is 6.08 Å². The molecular weight excluding hydrogens is 332 g/mol. The van der Waals surface area contributed by atoms with Gasteiger partial charge in [0.15, 0.2) is 0 Å². The first-order chi connectivity index (χ1) is 12.5. The van der Waals surface area contributed by atoms with Gasteiger partial charge in [0.25, 0.3) is 5.91 Å². The zero-order valence-corrected chi connectivity index (χ0v) is 14.2. The van der Waals surface area contributed by atoms with Crippen molar-refractivity contribution in [2.75, 3.05) is 11.9 Å². The molecule has 0 bridgehead atoms. The van der Waals surface area contributed by atoms with Crippen LogP contribution in [0.3, 0.4) is 0 Å². The Morgan fingerprint density at radius 1 is 1.19 bits per heavy atom. The lowest BCUT2D eigenvalue weighted by Crippen LogP contribution is -2.29. The number of anilines is 1. The summed E-state index contributed by atoms with van der Waals surface area (Å²) in [6.45, 7) is 1.41. The summed E-state index contributed by atoms with van der Waals surface area (Å²) in [5.74, 6) is -1.69. The van der Waals surface area contributed by atoms with Crippen molar-refractivity contribution in [3.8, 4) is 11.8 Å². The molecule has 0 saturated carbocycles. The van der Waals surface area contributed by atoms with Gasteiger partial charge in [0.05, 0.1) is 5.97 Å². The average molecular weight is 349 g/mol. The van der Waals surface area contributed by atoms with Crippen molar-refractivity contribution in [1.29, 1.82) is 5.26 Å². The highest BCUT2D eigenvalue weighted by molar-refractivity contribution is 6.09. The molecule has 0 heterocycles. The van der Waals surface area contributed by atoms with Gasteiger partial charge in [-0.15, -0.1) is 0 Å². The topological polar surface area (TPSA) is 102 Å². The third-order valence-electron chi connectivity index (χ3n) is 3.55. The summed E-state index contributed by atoms with van der Waals surface area (Å²) in [7, 11) is 0. The molecule has 2 aromatic rings. The minimum atomic E-state index is -1.36. The van der Waals surface area contributed by atoms with Crippen LogP contribution in [0.1, 0.15) is 18.1 Å². The summed E-state index contributed by atoms with van der Waals surface area (Å²) >= 11 is 0. The molecule has 0 unspecified atom stereocenters. The number of nitrogens with one attached hydrogen (secondary N) is 1. The fourth-order valence-electron chi connectivity index (χ4n) is 2.19. The van der Waals surface area contributed by atoms with E-state index in [1.54, 1.807) is 36.4 Å². The predicted octanol–water partition coefficient (Wildman–Crippen LogP) is 1.92. The van der Waals surface area contributed by atoms with Gasteiger partial charge < -0.3 is 20.0 Å². The highest BCUT2D eigenvalue weighted by Gasteiger charge is 2.11. The molecule has 6 heteroatoms. The molecule has 0 aliphatic carbocycles. The lowest BCUT2D eigenvalue weighted by atomic mass is 10.1. The van der Waals surface area contributed by atoms with E-state index in [-0.39, 0.29) is 11.3 Å². The van der Waals surface area contributed by atoms with Crippen molar-refractivity contribution < 1.29 is 19.4 Å². The van der Waals surface area contributed by atoms with E-state index in [0.717, 1.165) is 12.0 Å². The number of benzene rings is 2. The minimum Gasteiger partial charge on any atom is -0.546 e. The van der Waals surface area contributed by atoms with Gasteiger partial charge in [0.1, 0.15) is 24.0 Å². The number of carbonyl (C=O) groups is 2. The third kappa shape index (κ3) is 5.21. The van der Waals surface area contributed by atoms with Crippen molar-refractivity contribution in [2.24, 2.45) is 0 Å². The number of nitriles is 1. The van der Waals surface area contributed by atoms with Gasteiger partial charge >= 0.3 is 0 Å². The highest BCUT2D eigenvalue weighted by Crippen LogP contribution is 2.21. The summed E-state index contributed by atoms with van der Waals surface area (Å²) in [4.78, 5) is 22.9. The van der Waals surface area contributed by atoms with Crippen LogP contribution in [0.4, 0.5) is 5.69 Å². The fraction of sp³-hybridized carbons (Fsp3) is 0.150. The number of amides is 1. The molecule has 0 atom stereocenters. The number of nitrogens with zero attached hydrogens (tertiary/aromatic N) is 1. The van der Waals surface area contributed by atoms with E-state index in [1.807, 2.05) is 25.1 Å². The summed E-state index contributed by atoms with van der Waals surface area (Å²) in [5.41, 5.74) is 2.00. The van der Waals surface area contributed by atoms with Crippen LogP contribution in [0, 0.1) is 11.3 Å². The van der Waals surface area contributed by atoms with Gasteiger partial charge in [0.2, 0.25) is 0 Å². The Hall–Kier alpha value is -3.59. The van der Waals surface area contributed by atoms with Crippen LogP contribution in [-0.4, -0.2) is 18.5 Å². The molecule has 26 heavy (non-hydrogen) atoms. The Morgan fingerprint density at radius 3 is 2.50 bits per heavy atom. The second kappa shape index (κ2) is 9.04. The van der Waals surface area contributed by atoms with Crippen LogP contribution in [0.2, 0.25) is 0 Å².